The molecule has 1 aliphatic rings. The molecule has 0 aromatic heterocycles. The predicted octanol–water partition coefficient (Wildman–Crippen LogP) is 5.83. The van der Waals surface area contributed by atoms with Crippen LogP contribution in [0.3, 0.4) is 0 Å². The Labute approximate surface area is 149 Å². The van der Waals surface area contributed by atoms with Crippen LogP contribution < -0.4 is 5.46 Å². The predicted molar refractivity (Wildman–Crippen MR) is 110 cm³/mol. The van der Waals surface area contributed by atoms with Gasteiger partial charge in [0.15, 0.2) is 0 Å². The Hall–Kier alpha value is -1.76. The van der Waals surface area contributed by atoms with Crippen molar-refractivity contribution < 1.29 is 0 Å². The van der Waals surface area contributed by atoms with Crippen LogP contribution in [0, 0.1) is 13.8 Å². The highest BCUT2D eigenvalue weighted by molar-refractivity contribution is 6.87. The molecule has 0 radical (unpaired) electrons. The Kier molecular flexibility index (Phi) is 6.10. The summed E-state index contributed by atoms with van der Waals surface area (Å²) in [4.78, 5) is 0. The third-order valence-electron chi connectivity index (χ3n) is 5.31. The molecular formula is C23H31B. The summed E-state index contributed by atoms with van der Waals surface area (Å²) in [5, 5.41) is 0. The normalized spacial score (nSPS) is 18.8. The molecule has 1 aromatic carbocycles. The second kappa shape index (κ2) is 7.88. The van der Waals surface area contributed by atoms with Gasteiger partial charge in [0.05, 0.1) is 0 Å². The average molecular weight is 318 g/mol. The maximum Gasteiger partial charge on any atom is 0.237 e. The van der Waals surface area contributed by atoms with Gasteiger partial charge in [-0.3, -0.25) is 0 Å². The first kappa shape index (κ1) is 18.6. The Bertz CT molecular complexity index is 729. The van der Waals surface area contributed by atoms with E-state index in [4.69, 9.17) is 0 Å². The van der Waals surface area contributed by atoms with Crippen LogP contribution in [0.15, 0.2) is 59.0 Å². The van der Waals surface area contributed by atoms with Crippen LogP contribution in [-0.4, -0.2) is 6.71 Å². The summed E-state index contributed by atoms with van der Waals surface area (Å²) in [7, 11) is 0. The van der Waals surface area contributed by atoms with Crippen LogP contribution in [-0.2, 0) is 6.42 Å². The van der Waals surface area contributed by atoms with Crippen molar-refractivity contribution in [3.8, 4) is 0 Å². The standard InChI is InChI=1S/C23H31B/c1-8-16(4)14-20-11-12-21-15-17(5)13-18(6)23(21)24(19(7)9-2)22(20)10-3/h9-10,13-15H,4,8,11-12H2,1-3,5-7H3/b19-9+,20-14-,22-10-. The molecule has 0 unspecified atom stereocenters. The minimum absolute atomic E-state index is 0.369. The van der Waals surface area contributed by atoms with Crippen molar-refractivity contribution in [1.29, 1.82) is 0 Å². The number of fused-ring (bicyclic) bond motifs is 1. The van der Waals surface area contributed by atoms with E-state index in [9.17, 15) is 0 Å². The molecule has 0 spiro atoms. The summed E-state index contributed by atoms with van der Waals surface area (Å²) in [6.07, 6.45) is 10.2. The molecule has 0 bridgehead atoms. The molecule has 1 aliphatic heterocycles. The Balaban J connectivity index is 2.72. The highest BCUT2D eigenvalue weighted by Crippen LogP contribution is 2.30. The molecular weight excluding hydrogens is 287 g/mol. The molecule has 0 aliphatic carbocycles. The van der Waals surface area contributed by atoms with Crippen LogP contribution in [0.4, 0.5) is 0 Å². The monoisotopic (exact) mass is 318 g/mol. The van der Waals surface area contributed by atoms with Crippen molar-refractivity contribution in [2.75, 3.05) is 0 Å². The number of allylic oxidation sites excluding steroid dienone is 7. The third kappa shape index (κ3) is 3.66. The van der Waals surface area contributed by atoms with Gasteiger partial charge >= 0.3 is 0 Å². The quantitative estimate of drug-likeness (QED) is 0.615. The summed E-state index contributed by atoms with van der Waals surface area (Å²) < 4.78 is 0. The summed E-state index contributed by atoms with van der Waals surface area (Å²) in [6.45, 7) is 17.9. The smallest absolute Gasteiger partial charge is 0.0982 e. The van der Waals surface area contributed by atoms with E-state index in [1.54, 1.807) is 0 Å². The molecule has 126 valence electrons. The molecule has 0 nitrogen and oxygen atoms in total. The van der Waals surface area contributed by atoms with Crippen LogP contribution in [0.25, 0.3) is 0 Å². The van der Waals surface area contributed by atoms with Gasteiger partial charge in [-0.1, -0.05) is 95.0 Å². The Morgan fingerprint density at radius 1 is 1.21 bits per heavy atom. The first-order chi connectivity index (χ1) is 11.4. The maximum atomic E-state index is 4.22. The van der Waals surface area contributed by atoms with E-state index in [-0.39, 0.29) is 0 Å². The van der Waals surface area contributed by atoms with Gasteiger partial charge in [0.2, 0.25) is 6.71 Å². The number of hydrogen-bond acceptors (Lipinski definition) is 0. The minimum atomic E-state index is 0.369. The first-order valence-electron chi connectivity index (χ1n) is 9.20. The van der Waals surface area contributed by atoms with E-state index in [1.807, 2.05) is 0 Å². The molecule has 0 saturated carbocycles. The van der Waals surface area contributed by atoms with Crippen molar-refractivity contribution in [2.45, 2.75) is 60.8 Å². The fraction of sp³-hybridized carbons (Fsp3) is 0.391. The van der Waals surface area contributed by atoms with Crippen LogP contribution in [0.5, 0.6) is 0 Å². The lowest BCUT2D eigenvalue weighted by molar-refractivity contribution is 0.963. The number of aryl methyl sites for hydroxylation is 3. The highest BCUT2D eigenvalue weighted by atomic mass is 14.2. The molecule has 1 heterocycles. The van der Waals surface area contributed by atoms with Crippen molar-refractivity contribution in [1.82, 2.24) is 0 Å². The second-order valence-electron chi connectivity index (χ2n) is 7.05. The topological polar surface area (TPSA) is 0 Å². The molecule has 0 N–H and O–H groups in total. The first-order valence-corrected chi connectivity index (χ1v) is 9.20. The zero-order chi connectivity index (χ0) is 17.9. The number of benzene rings is 1. The second-order valence-corrected chi connectivity index (χ2v) is 7.05. The van der Waals surface area contributed by atoms with Gasteiger partial charge in [0, 0.05) is 0 Å². The fourth-order valence-corrected chi connectivity index (χ4v) is 3.94. The number of hydrogen-bond donors (Lipinski definition) is 0. The largest absolute Gasteiger partial charge is 0.237 e. The number of rotatable bonds is 3. The molecule has 0 amide bonds. The van der Waals surface area contributed by atoms with Gasteiger partial charge < -0.3 is 0 Å². The van der Waals surface area contributed by atoms with E-state index in [0.717, 1.165) is 19.3 Å². The van der Waals surface area contributed by atoms with E-state index >= 15 is 0 Å². The van der Waals surface area contributed by atoms with Crippen LogP contribution in [0.1, 0.15) is 57.2 Å². The van der Waals surface area contributed by atoms with Gasteiger partial charge in [0.25, 0.3) is 0 Å². The van der Waals surface area contributed by atoms with Crippen molar-refractivity contribution in [3.63, 3.8) is 0 Å². The van der Waals surface area contributed by atoms with Gasteiger partial charge in [-0.15, -0.1) is 0 Å². The van der Waals surface area contributed by atoms with E-state index < -0.39 is 0 Å². The lowest BCUT2D eigenvalue weighted by atomic mass is 9.34. The lowest BCUT2D eigenvalue weighted by Gasteiger charge is -2.22. The molecule has 2 rings (SSSR count). The van der Waals surface area contributed by atoms with Gasteiger partial charge in [-0.25, -0.2) is 0 Å². The van der Waals surface area contributed by atoms with Gasteiger partial charge in [-0.05, 0) is 47.0 Å². The van der Waals surface area contributed by atoms with Crippen LogP contribution >= 0.6 is 0 Å². The SMILES string of the molecule is C=C(/C=C1/CCc2cc(C)cc(C)c2B(/C(C)=C/C)/C1=C\C)CC. The van der Waals surface area contributed by atoms with E-state index in [2.05, 4.69) is 78.5 Å². The lowest BCUT2D eigenvalue weighted by Crippen LogP contribution is -2.38. The summed E-state index contributed by atoms with van der Waals surface area (Å²) >= 11 is 0. The summed E-state index contributed by atoms with van der Waals surface area (Å²) in [6, 6.07) is 4.73. The minimum Gasteiger partial charge on any atom is -0.0982 e. The molecule has 24 heavy (non-hydrogen) atoms. The van der Waals surface area contributed by atoms with Crippen LogP contribution in [0.2, 0.25) is 0 Å². The van der Waals surface area contributed by atoms with Crippen molar-refractivity contribution >= 4 is 12.2 Å². The van der Waals surface area contributed by atoms with Gasteiger partial charge in [0.1, 0.15) is 0 Å². The molecule has 0 saturated heterocycles. The fourth-order valence-electron chi connectivity index (χ4n) is 3.94. The summed E-state index contributed by atoms with van der Waals surface area (Å²) in [5.74, 6) is 0. The third-order valence-corrected chi connectivity index (χ3v) is 5.31. The van der Waals surface area contributed by atoms with Crippen molar-refractivity contribution in [3.05, 3.63) is 75.7 Å². The molecule has 0 fully saturated rings. The zero-order valence-corrected chi connectivity index (χ0v) is 16.3. The van der Waals surface area contributed by atoms with E-state index in [1.165, 1.54) is 44.2 Å². The zero-order valence-electron chi connectivity index (χ0n) is 16.3. The van der Waals surface area contributed by atoms with Gasteiger partial charge in [-0.2, -0.15) is 0 Å². The Morgan fingerprint density at radius 2 is 1.92 bits per heavy atom. The molecule has 0 atom stereocenters. The van der Waals surface area contributed by atoms with E-state index in [0.29, 0.717) is 6.71 Å². The average Bonchev–Trinajstić information content (AvgIpc) is 2.71. The highest BCUT2D eigenvalue weighted by Gasteiger charge is 2.31. The molecule has 1 heteroatoms. The summed E-state index contributed by atoms with van der Waals surface area (Å²) in [5.41, 5.74) is 11.4. The van der Waals surface area contributed by atoms with Crippen molar-refractivity contribution in [2.24, 2.45) is 0 Å². The Morgan fingerprint density at radius 3 is 2.50 bits per heavy atom. The molecule has 1 aromatic rings. The maximum absolute atomic E-state index is 4.22.